The normalized spacial score (nSPS) is 10.6. The molecule has 0 N–H and O–H groups in total. The van der Waals surface area contributed by atoms with Gasteiger partial charge in [-0.25, -0.2) is 4.79 Å². The van der Waals surface area contributed by atoms with Crippen molar-refractivity contribution in [1.29, 1.82) is 0 Å². The summed E-state index contributed by atoms with van der Waals surface area (Å²) >= 11 is 12.4. The van der Waals surface area contributed by atoms with Gasteiger partial charge in [-0.2, -0.15) is 0 Å². The van der Waals surface area contributed by atoms with Crippen LogP contribution in [0.5, 0.6) is 11.5 Å². The van der Waals surface area contributed by atoms with E-state index >= 15 is 0 Å². The summed E-state index contributed by atoms with van der Waals surface area (Å²) in [5.41, 5.74) is 0.324. The molecule has 0 radical (unpaired) electrons. The Morgan fingerprint density at radius 2 is 1.57 bits per heavy atom. The van der Waals surface area contributed by atoms with Crippen molar-refractivity contribution in [1.82, 2.24) is 0 Å². The molecule has 0 aliphatic carbocycles. The van der Waals surface area contributed by atoms with Gasteiger partial charge in [-0.1, -0.05) is 59.6 Å². The molecule has 0 unspecified atom stereocenters. The molecule has 0 saturated heterocycles. The van der Waals surface area contributed by atoms with E-state index in [1.807, 2.05) is 18.2 Å². The van der Waals surface area contributed by atoms with Gasteiger partial charge in [0, 0.05) is 10.8 Å². The molecule has 0 aliphatic rings. The van der Waals surface area contributed by atoms with Crippen LogP contribution in [0.2, 0.25) is 10.0 Å². The Balaban J connectivity index is 2.07. The third kappa shape index (κ3) is 2.98. The molecule has 5 heteroatoms. The number of fused-ring (bicyclic) bond motifs is 1. The van der Waals surface area contributed by atoms with Crippen LogP contribution in [-0.2, 0) is 0 Å². The van der Waals surface area contributed by atoms with E-state index in [4.69, 9.17) is 32.7 Å². The van der Waals surface area contributed by atoms with Crippen LogP contribution in [0.3, 0.4) is 0 Å². The van der Waals surface area contributed by atoms with Gasteiger partial charge in [-0.15, -0.1) is 0 Å². The maximum atomic E-state index is 12.5. The molecule has 0 aliphatic heterocycles. The highest BCUT2D eigenvalue weighted by Crippen LogP contribution is 2.38. The summed E-state index contributed by atoms with van der Waals surface area (Å²) in [5, 5.41) is 2.22. The van der Waals surface area contributed by atoms with Crippen molar-refractivity contribution in [3.63, 3.8) is 0 Å². The summed E-state index contributed by atoms with van der Waals surface area (Å²) < 4.78 is 10.7. The van der Waals surface area contributed by atoms with Crippen molar-refractivity contribution in [3.8, 4) is 11.5 Å². The lowest BCUT2D eigenvalue weighted by Gasteiger charge is -2.12. The van der Waals surface area contributed by atoms with E-state index in [2.05, 4.69) is 0 Å². The number of rotatable bonds is 3. The van der Waals surface area contributed by atoms with Crippen molar-refractivity contribution >= 4 is 39.9 Å². The van der Waals surface area contributed by atoms with Crippen LogP contribution in [0.15, 0.2) is 54.6 Å². The number of halogens is 2. The lowest BCUT2D eigenvalue weighted by atomic mass is 10.1. The molecule has 0 aromatic heterocycles. The van der Waals surface area contributed by atoms with Gasteiger partial charge in [-0.05, 0) is 18.2 Å². The van der Waals surface area contributed by atoms with Crippen LogP contribution in [-0.4, -0.2) is 13.1 Å². The number of benzene rings is 3. The van der Waals surface area contributed by atoms with Crippen molar-refractivity contribution < 1.29 is 14.3 Å². The Kier molecular flexibility index (Phi) is 4.42. The van der Waals surface area contributed by atoms with Gasteiger partial charge >= 0.3 is 5.97 Å². The fraction of sp³-hybridized carbons (Fsp3) is 0.0556. The number of esters is 1. The number of ether oxygens (including phenoxy) is 2. The minimum atomic E-state index is -0.545. The fourth-order valence-electron chi connectivity index (χ4n) is 2.34. The molecule has 3 aromatic carbocycles. The summed E-state index contributed by atoms with van der Waals surface area (Å²) in [4.78, 5) is 12.5. The first-order valence-electron chi connectivity index (χ1n) is 6.83. The highest BCUT2D eigenvalue weighted by molar-refractivity contribution is 6.40. The molecule has 3 rings (SSSR count). The van der Waals surface area contributed by atoms with Crippen LogP contribution in [0.25, 0.3) is 10.8 Å². The van der Waals surface area contributed by atoms with Crippen molar-refractivity contribution in [3.05, 3.63) is 70.2 Å². The van der Waals surface area contributed by atoms with E-state index in [-0.39, 0.29) is 10.8 Å². The Bertz CT molecular complexity index is 891. The van der Waals surface area contributed by atoms with Crippen LogP contribution >= 0.6 is 23.2 Å². The third-order valence-electron chi connectivity index (χ3n) is 3.42. The van der Waals surface area contributed by atoms with Crippen molar-refractivity contribution in [2.24, 2.45) is 0 Å². The SMILES string of the molecule is COc1ccccc1C(=O)Oc1c(Cl)cc(Cl)c2ccccc12. The van der Waals surface area contributed by atoms with E-state index < -0.39 is 5.97 Å². The monoisotopic (exact) mass is 346 g/mol. The summed E-state index contributed by atoms with van der Waals surface area (Å²) in [7, 11) is 1.50. The number of methoxy groups -OCH3 is 1. The van der Waals surface area contributed by atoms with E-state index in [1.54, 1.807) is 36.4 Å². The third-order valence-corrected chi connectivity index (χ3v) is 4.01. The average Bonchev–Trinajstić information content (AvgIpc) is 2.58. The molecule has 116 valence electrons. The summed E-state index contributed by atoms with van der Waals surface area (Å²) in [6.45, 7) is 0. The minimum absolute atomic E-state index is 0.275. The van der Waals surface area contributed by atoms with Crippen molar-refractivity contribution in [2.45, 2.75) is 0 Å². The first-order chi connectivity index (χ1) is 11.1. The molecule has 0 fully saturated rings. The first kappa shape index (κ1) is 15.7. The molecule has 3 aromatic rings. The zero-order chi connectivity index (χ0) is 16.4. The summed E-state index contributed by atoms with van der Waals surface area (Å²) in [5.74, 6) is 0.172. The number of carbonyl (C=O) groups excluding carboxylic acids is 1. The maximum Gasteiger partial charge on any atom is 0.347 e. The van der Waals surface area contributed by atoms with Gasteiger partial charge in [0.25, 0.3) is 0 Å². The zero-order valence-electron chi connectivity index (χ0n) is 12.2. The molecule has 0 bridgehead atoms. The van der Waals surface area contributed by atoms with E-state index in [0.29, 0.717) is 21.7 Å². The van der Waals surface area contributed by atoms with Gasteiger partial charge in [0.05, 0.1) is 17.2 Å². The molecule has 0 amide bonds. The second kappa shape index (κ2) is 6.49. The Hall–Kier alpha value is -2.23. The second-order valence-electron chi connectivity index (χ2n) is 4.80. The van der Waals surface area contributed by atoms with Gasteiger partial charge in [0.2, 0.25) is 0 Å². The van der Waals surface area contributed by atoms with Crippen LogP contribution in [0.1, 0.15) is 10.4 Å². The standard InChI is InChI=1S/C18H12Cl2O3/c1-22-16-9-5-4-8-13(16)18(21)23-17-12-7-3-2-6-11(12)14(19)10-15(17)20/h2-10H,1H3. The molecular weight excluding hydrogens is 335 g/mol. The average molecular weight is 347 g/mol. The van der Waals surface area contributed by atoms with E-state index in [9.17, 15) is 4.79 Å². The summed E-state index contributed by atoms with van der Waals surface area (Å²) in [6.07, 6.45) is 0. The number of carbonyl (C=O) groups is 1. The van der Waals surface area contributed by atoms with Gasteiger partial charge in [-0.3, -0.25) is 0 Å². The highest BCUT2D eigenvalue weighted by atomic mass is 35.5. The van der Waals surface area contributed by atoms with Gasteiger partial charge in [0.15, 0.2) is 5.75 Å². The van der Waals surface area contributed by atoms with E-state index in [1.165, 1.54) is 7.11 Å². The molecular formula is C18H12Cl2O3. The van der Waals surface area contributed by atoms with Crippen LogP contribution in [0, 0.1) is 0 Å². The predicted octanol–water partition coefficient (Wildman–Crippen LogP) is 5.37. The lowest BCUT2D eigenvalue weighted by Crippen LogP contribution is -2.10. The van der Waals surface area contributed by atoms with Crippen molar-refractivity contribution in [2.75, 3.05) is 7.11 Å². The number of hydrogen-bond acceptors (Lipinski definition) is 3. The lowest BCUT2D eigenvalue weighted by molar-refractivity contribution is 0.0733. The molecule has 3 nitrogen and oxygen atoms in total. The van der Waals surface area contributed by atoms with Gasteiger partial charge < -0.3 is 9.47 Å². The fourth-order valence-corrected chi connectivity index (χ4v) is 2.92. The Labute approximate surface area is 143 Å². The highest BCUT2D eigenvalue weighted by Gasteiger charge is 2.18. The number of hydrogen-bond donors (Lipinski definition) is 0. The Morgan fingerprint density at radius 3 is 2.30 bits per heavy atom. The summed E-state index contributed by atoms with van der Waals surface area (Å²) in [6, 6.07) is 15.7. The number of para-hydroxylation sites is 1. The topological polar surface area (TPSA) is 35.5 Å². The molecule has 0 atom stereocenters. The smallest absolute Gasteiger partial charge is 0.347 e. The predicted molar refractivity (Wildman–Crippen MR) is 91.9 cm³/mol. The molecule has 0 heterocycles. The van der Waals surface area contributed by atoms with Crippen LogP contribution in [0.4, 0.5) is 0 Å². The quantitative estimate of drug-likeness (QED) is 0.472. The first-order valence-corrected chi connectivity index (χ1v) is 7.59. The molecule has 23 heavy (non-hydrogen) atoms. The zero-order valence-corrected chi connectivity index (χ0v) is 13.7. The van der Waals surface area contributed by atoms with E-state index in [0.717, 1.165) is 5.39 Å². The Morgan fingerprint density at radius 1 is 0.913 bits per heavy atom. The molecule has 0 saturated carbocycles. The van der Waals surface area contributed by atoms with Gasteiger partial charge in [0.1, 0.15) is 11.3 Å². The maximum absolute atomic E-state index is 12.5. The minimum Gasteiger partial charge on any atom is -0.496 e. The van der Waals surface area contributed by atoms with Crippen LogP contribution < -0.4 is 9.47 Å². The largest absolute Gasteiger partial charge is 0.496 e. The molecule has 0 spiro atoms. The second-order valence-corrected chi connectivity index (χ2v) is 5.62.